The van der Waals surface area contributed by atoms with E-state index in [2.05, 4.69) is 21.2 Å². The van der Waals surface area contributed by atoms with E-state index in [9.17, 15) is 9.59 Å². The third-order valence-electron chi connectivity index (χ3n) is 4.97. The summed E-state index contributed by atoms with van der Waals surface area (Å²) in [5, 5.41) is 10.5. The lowest BCUT2D eigenvalue weighted by atomic mass is 9.95. The predicted molar refractivity (Wildman–Crippen MR) is 123 cm³/mol. The van der Waals surface area contributed by atoms with Crippen LogP contribution in [0.3, 0.4) is 0 Å². The molecule has 0 aliphatic heterocycles. The standard InChI is InChI=1S/C23H27ClN4O3/c1-2-31-20-11-9-19(10-12-20)26-21-13-8-17(24)14-16(21)15-25-28-23(30)22(29)27-18-6-4-3-5-7-18/h8-15,18,26H,2-7H2,1H3,(H,27,29)(H,28,30)/b25-15-. The molecule has 0 unspecified atom stereocenters. The molecule has 0 aromatic heterocycles. The number of hydrogen-bond acceptors (Lipinski definition) is 5. The van der Waals surface area contributed by atoms with Crippen molar-refractivity contribution < 1.29 is 14.3 Å². The molecule has 3 rings (SSSR count). The number of carbonyl (C=O) groups is 2. The summed E-state index contributed by atoms with van der Waals surface area (Å²) in [5.41, 5.74) is 4.55. The quantitative estimate of drug-likeness (QED) is 0.337. The molecule has 7 nitrogen and oxygen atoms in total. The number of nitrogens with one attached hydrogen (secondary N) is 3. The largest absolute Gasteiger partial charge is 0.494 e. The second-order valence-electron chi connectivity index (χ2n) is 7.32. The first kappa shape index (κ1) is 22.6. The minimum Gasteiger partial charge on any atom is -0.494 e. The highest BCUT2D eigenvalue weighted by atomic mass is 35.5. The summed E-state index contributed by atoms with van der Waals surface area (Å²) in [7, 11) is 0. The Bertz CT molecular complexity index is 925. The van der Waals surface area contributed by atoms with Crippen LogP contribution in [0.15, 0.2) is 47.6 Å². The predicted octanol–water partition coefficient (Wildman–Crippen LogP) is 4.38. The molecule has 164 valence electrons. The summed E-state index contributed by atoms with van der Waals surface area (Å²) in [6.07, 6.45) is 6.59. The summed E-state index contributed by atoms with van der Waals surface area (Å²) < 4.78 is 5.45. The van der Waals surface area contributed by atoms with Crippen LogP contribution >= 0.6 is 11.6 Å². The Morgan fingerprint density at radius 2 is 1.84 bits per heavy atom. The van der Waals surface area contributed by atoms with E-state index in [0.717, 1.165) is 42.8 Å². The van der Waals surface area contributed by atoms with Crippen molar-refractivity contribution in [3.05, 3.63) is 53.1 Å². The fourth-order valence-electron chi connectivity index (χ4n) is 3.42. The number of rotatable bonds is 7. The number of benzene rings is 2. The van der Waals surface area contributed by atoms with Gasteiger partial charge in [0.1, 0.15) is 5.75 Å². The molecule has 31 heavy (non-hydrogen) atoms. The zero-order valence-corrected chi connectivity index (χ0v) is 18.2. The second kappa shape index (κ2) is 11.4. The Labute approximate surface area is 187 Å². The van der Waals surface area contributed by atoms with Crippen LogP contribution in [0, 0.1) is 0 Å². The van der Waals surface area contributed by atoms with E-state index < -0.39 is 11.8 Å². The average Bonchev–Trinajstić information content (AvgIpc) is 2.77. The van der Waals surface area contributed by atoms with Gasteiger partial charge < -0.3 is 15.4 Å². The van der Waals surface area contributed by atoms with E-state index in [4.69, 9.17) is 16.3 Å². The van der Waals surface area contributed by atoms with Gasteiger partial charge in [-0.25, -0.2) is 5.43 Å². The van der Waals surface area contributed by atoms with Gasteiger partial charge in [0.25, 0.3) is 0 Å². The third kappa shape index (κ3) is 7.00. The van der Waals surface area contributed by atoms with Crippen molar-refractivity contribution in [3.63, 3.8) is 0 Å². The van der Waals surface area contributed by atoms with Crippen LogP contribution in [0.5, 0.6) is 5.75 Å². The monoisotopic (exact) mass is 442 g/mol. The molecule has 0 atom stereocenters. The number of halogens is 1. The molecule has 8 heteroatoms. The molecule has 0 bridgehead atoms. The summed E-state index contributed by atoms with van der Waals surface area (Å²) in [6, 6.07) is 12.9. The number of hydrazone groups is 1. The Balaban J connectivity index is 1.61. The van der Waals surface area contributed by atoms with Gasteiger partial charge in [0.05, 0.1) is 12.8 Å². The minimum atomic E-state index is -0.787. The van der Waals surface area contributed by atoms with Crippen LogP contribution in [-0.2, 0) is 9.59 Å². The first-order valence-electron chi connectivity index (χ1n) is 10.5. The van der Waals surface area contributed by atoms with Gasteiger partial charge in [-0.2, -0.15) is 5.10 Å². The summed E-state index contributed by atoms with van der Waals surface area (Å²) in [4.78, 5) is 24.1. The van der Waals surface area contributed by atoms with E-state index in [1.807, 2.05) is 37.3 Å². The Morgan fingerprint density at radius 1 is 1.10 bits per heavy atom. The first-order valence-corrected chi connectivity index (χ1v) is 10.9. The molecule has 0 spiro atoms. The first-order chi connectivity index (χ1) is 15.0. The van der Waals surface area contributed by atoms with Crippen LogP contribution in [0.2, 0.25) is 5.02 Å². The molecule has 1 aliphatic rings. The smallest absolute Gasteiger partial charge is 0.329 e. The van der Waals surface area contributed by atoms with Gasteiger partial charge in [0.2, 0.25) is 0 Å². The maximum Gasteiger partial charge on any atom is 0.329 e. The van der Waals surface area contributed by atoms with Crippen LogP contribution < -0.4 is 20.8 Å². The maximum absolute atomic E-state index is 12.0. The highest BCUT2D eigenvalue weighted by molar-refractivity contribution is 6.35. The molecular weight excluding hydrogens is 416 g/mol. The zero-order chi connectivity index (χ0) is 22.1. The van der Waals surface area contributed by atoms with Crippen molar-refractivity contribution >= 4 is 41.0 Å². The Hall–Kier alpha value is -3.06. The normalized spacial score (nSPS) is 14.3. The highest BCUT2D eigenvalue weighted by Gasteiger charge is 2.20. The van der Waals surface area contributed by atoms with E-state index >= 15 is 0 Å². The molecule has 3 N–H and O–H groups in total. The van der Waals surface area contributed by atoms with Gasteiger partial charge in [0, 0.05) is 28.0 Å². The molecule has 0 saturated heterocycles. The van der Waals surface area contributed by atoms with Crippen LogP contribution in [-0.4, -0.2) is 30.7 Å². The summed E-state index contributed by atoms with van der Waals surface area (Å²) in [5.74, 6) is -0.659. The van der Waals surface area contributed by atoms with Crippen molar-refractivity contribution in [2.24, 2.45) is 5.10 Å². The third-order valence-corrected chi connectivity index (χ3v) is 5.21. The number of amides is 2. The highest BCUT2D eigenvalue weighted by Crippen LogP contribution is 2.24. The second-order valence-corrected chi connectivity index (χ2v) is 7.76. The van der Waals surface area contributed by atoms with E-state index in [1.165, 1.54) is 12.6 Å². The van der Waals surface area contributed by atoms with Gasteiger partial charge in [-0.15, -0.1) is 0 Å². The lowest BCUT2D eigenvalue weighted by Gasteiger charge is -2.22. The molecule has 1 saturated carbocycles. The van der Waals surface area contributed by atoms with E-state index in [-0.39, 0.29) is 6.04 Å². The summed E-state index contributed by atoms with van der Waals surface area (Å²) >= 11 is 6.12. The topological polar surface area (TPSA) is 91.8 Å². The minimum absolute atomic E-state index is 0.0637. The Morgan fingerprint density at radius 3 is 2.55 bits per heavy atom. The van der Waals surface area contributed by atoms with Crippen molar-refractivity contribution in [3.8, 4) is 5.75 Å². The molecule has 2 aromatic carbocycles. The van der Waals surface area contributed by atoms with Gasteiger partial charge in [0.15, 0.2) is 0 Å². The Kier molecular flexibility index (Phi) is 8.29. The van der Waals surface area contributed by atoms with Gasteiger partial charge in [-0.05, 0) is 62.2 Å². The van der Waals surface area contributed by atoms with Crippen LogP contribution in [0.25, 0.3) is 0 Å². The van der Waals surface area contributed by atoms with E-state index in [0.29, 0.717) is 17.2 Å². The van der Waals surface area contributed by atoms with Gasteiger partial charge >= 0.3 is 11.8 Å². The van der Waals surface area contributed by atoms with Crippen molar-refractivity contribution in [1.82, 2.24) is 10.7 Å². The lowest BCUT2D eigenvalue weighted by molar-refractivity contribution is -0.139. The van der Waals surface area contributed by atoms with Crippen molar-refractivity contribution in [1.29, 1.82) is 0 Å². The fourth-order valence-corrected chi connectivity index (χ4v) is 3.60. The number of ether oxygens (including phenoxy) is 1. The zero-order valence-electron chi connectivity index (χ0n) is 17.5. The van der Waals surface area contributed by atoms with Crippen molar-refractivity contribution in [2.45, 2.75) is 45.1 Å². The molecule has 0 heterocycles. The summed E-state index contributed by atoms with van der Waals surface area (Å²) in [6.45, 7) is 2.54. The fraction of sp³-hybridized carbons (Fsp3) is 0.348. The molecule has 0 radical (unpaired) electrons. The number of carbonyl (C=O) groups excluding carboxylic acids is 2. The van der Waals surface area contributed by atoms with Gasteiger partial charge in [-0.1, -0.05) is 30.9 Å². The molecule has 1 aliphatic carbocycles. The number of hydrogen-bond donors (Lipinski definition) is 3. The number of anilines is 2. The maximum atomic E-state index is 12.0. The molecule has 1 fully saturated rings. The SMILES string of the molecule is CCOc1ccc(Nc2ccc(Cl)cc2/C=N\NC(=O)C(=O)NC2CCCCC2)cc1. The molecular formula is C23H27ClN4O3. The molecule has 2 amide bonds. The van der Waals surface area contributed by atoms with Crippen LogP contribution in [0.1, 0.15) is 44.6 Å². The van der Waals surface area contributed by atoms with E-state index in [1.54, 1.807) is 12.1 Å². The van der Waals surface area contributed by atoms with Crippen LogP contribution in [0.4, 0.5) is 11.4 Å². The van der Waals surface area contributed by atoms with Crippen molar-refractivity contribution in [2.75, 3.05) is 11.9 Å². The molecule has 2 aromatic rings. The lowest BCUT2D eigenvalue weighted by Crippen LogP contribution is -2.44. The van der Waals surface area contributed by atoms with Gasteiger partial charge in [-0.3, -0.25) is 9.59 Å². The average molecular weight is 443 g/mol. The number of nitrogens with zero attached hydrogens (tertiary/aromatic N) is 1.